The summed E-state index contributed by atoms with van der Waals surface area (Å²) in [7, 11) is 4.21. The minimum absolute atomic E-state index is 0.0745. The molecule has 59 heavy (non-hydrogen) atoms. The molecular weight excluding hydrogens is 727 g/mol. The van der Waals surface area contributed by atoms with E-state index in [9.17, 15) is 0 Å². The minimum atomic E-state index is 0.0745. The summed E-state index contributed by atoms with van der Waals surface area (Å²) in [5, 5.41) is 0. The number of allylic oxidation sites excluding steroid dienone is 5. The number of hydrogen-bond acceptors (Lipinski definition) is 5. The summed E-state index contributed by atoms with van der Waals surface area (Å²) in [5.74, 6) is 5.36. The van der Waals surface area contributed by atoms with Crippen LogP contribution in [0.1, 0.15) is 189 Å². The van der Waals surface area contributed by atoms with Gasteiger partial charge >= 0.3 is 0 Å². The van der Waals surface area contributed by atoms with Crippen molar-refractivity contribution in [3.63, 3.8) is 0 Å². The first-order valence-electron chi connectivity index (χ1n) is 25.6. The van der Waals surface area contributed by atoms with Crippen LogP contribution in [0.4, 0.5) is 0 Å². The zero-order chi connectivity index (χ0) is 42.4. The van der Waals surface area contributed by atoms with Gasteiger partial charge in [0.15, 0.2) is 0 Å². The van der Waals surface area contributed by atoms with Crippen LogP contribution in [0.25, 0.3) is 0 Å². The van der Waals surface area contributed by atoms with E-state index >= 15 is 0 Å². The van der Waals surface area contributed by atoms with Crippen LogP contribution in [-0.4, -0.2) is 77.4 Å². The van der Waals surface area contributed by atoms with Gasteiger partial charge in [0.25, 0.3) is 0 Å². The van der Waals surface area contributed by atoms with E-state index in [0.717, 1.165) is 67.9 Å². The van der Waals surface area contributed by atoms with Gasteiger partial charge in [-0.1, -0.05) is 135 Å². The molecule has 9 atom stereocenters. The maximum atomic E-state index is 6.47. The largest absolute Gasteiger partial charge is 0.379 e. The number of likely N-dealkylation sites (N-methyl/N-ethyl adjacent to an activating group) is 1. The Morgan fingerprint density at radius 3 is 2.20 bits per heavy atom. The number of nitrogens with zero attached hydrogens (tertiary/aromatic N) is 1. The molecule has 4 aliphatic rings. The van der Waals surface area contributed by atoms with E-state index in [1.54, 1.807) is 5.57 Å². The van der Waals surface area contributed by atoms with Gasteiger partial charge in [0, 0.05) is 13.2 Å². The number of rotatable bonds is 32. The van der Waals surface area contributed by atoms with Crippen molar-refractivity contribution in [1.29, 1.82) is 0 Å². The summed E-state index contributed by atoms with van der Waals surface area (Å²) >= 11 is 0. The van der Waals surface area contributed by atoms with Crippen LogP contribution in [0.3, 0.4) is 0 Å². The lowest BCUT2D eigenvalue weighted by atomic mass is 9.47. The molecule has 0 heterocycles. The lowest BCUT2D eigenvalue weighted by Gasteiger charge is -2.58. The smallest absolute Gasteiger partial charge is 0.0935 e. The van der Waals surface area contributed by atoms with Gasteiger partial charge in [-0.2, -0.15) is 0 Å². The fourth-order valence-electron chi connectivity index (χ4n) is 12.4. The maximum absolute atomic E-state index is 6.47. The van der Waals surface area contributed by atoms with Crippen LogP contribution >= 0.6 is 0 Å². The standard InChI is InChI=1S/C54H97NO4/c1-9-10-11-12-13-14-15-16-17-18-19-20-21-22-23-24-36-57-43-48(42-55(7)8)59-40-38-56-37-39-58-47-32-34-53(5)46(41-47)28-29-49-51-31-30-50(45(4)27-25-26-44(2)3)54(51,6)35-33-52(49)53/h13-14,16-17,28,44-45,47-52H,9-12,15,18-27,29-43H2,1-8H3/b14-13-,17-16-/t45?,47?,48?,49?,50?,51?,52?,53-,54+/m0/s1. The SMILES string of the molecule is CCCCC/C=C\C/C=C\CCCCCCCCOCC(CN(C)C)OCCOCCOC1CC[C@@]2(C)C(=CCC3C4CCC(C(C)CCCC(C)C)[C@@]4(C)CCC32)C1. The molecule has 0 N–H and O–H groups in total. The second-order valence-electron chi connectivity index (χ2n) is 21.1. The van der Waals surface area contributed by atoms with E-state index in [-0.39, 0.29) is 6.10 Å². The predicted octanol–water partition coefficient (Wildman–Crippen LogP) is 14.2. The molecule has 3 saturated carbocycles. The van der Waals surface area contributed by atoms with Gasteiger partial charge in [-0.05, 0) is 150 Å². The van der Waals surface area contributed by atoms with Crippen molar-refractivity contribution in [2.75, 3.05) is 60.3 Å². The first-order chi connectivity index (χ1) is 28.6. The van der Waals surface area contributed by atoms with Crippen molar-refractivity contribution in [2.24, 2.45) is 46.3 Å². The Kier molecular flexibility index (Phi) is 24.0. The molecule has 5 heteroatoms. The first-order valence-corrected chi connectivity index (χ1v) is 25.6. The Morgan fingerprint density at radius 2 is 1.46 bits per heavy atom. The second-order valence-corrected chi connectivity index (χ2v) is 21.1. The molecule has 0 aromatic rings. The van der Waals surface area contributed by atoms with E-state index in [1.165, 1.54) is 128 Å². The molecule has 342 valence electrons. The van der Waals surface area contributed by atoms with Crippen LogP contribution in [-0.2, 0) is 18.9 Å². The van der Waals surface area contributed by atoms with Gasteiger partial charge in [-0.25, -0.2) is 0 Å². The topological polar surface area (TPSA) is 40.2 Å². The summed E-state index contributed by atoms with van der Waals surface area (Å²) in [4.78, 5) is 2.19. The Balaban J connectivity index is 1.02. The molecule has 5 nitrogen and oxygen atoms in total. The third-order valence-electron chi connectivity index (χ3n) is 15.8. The third kappa shape index (κ3) is 16.9. The van der Waals surface area contributed by atoms with Crippen molar-refractivity contribution in [3.8, 4) is 0 Å². The fraction of sp³-hybridized carbons (Fsp3) is 0.889. The van der Waals surface area contributed by atoms with Gasteiger partial charge in [0.05, 0.1) is 45.2 Å². The average Bonchev–Trinajstić information content (AvgIpc) is 3.57. The lowest BCUT2D eigenvalue weighted by Crippen LogP contribution is -2.51. The van der Waals surface area contributed by atoms with Crippen molar-refractivity contribution in [2.45, 2.75) is 201 Å². The summed E-state index contributed by atoms with van der Waals surface area (Å²) in [5.41, 5.74) is 2.67. The molecule has 4 rings (SSSR count). The highest BCUT2D eigenvalue weighted by molar-refractivity contribution is 5.25. The number of ether oxygens (including phenoxy) is 4. The summed E-state index contributed by atoms with van der Waals surface area (Å²) in [6.45, 7) is 19.9. The molecule has 3 fully saturated rings. The van der Waals surface area contributed by atoms with E-state index < -0.39 is 0 Å². The average molecular weight is 824 g/mol. The van der Waals surface area contributed by atoms with Crippen molar-refractivity contribution in [3.05, 3.63) is 36.0 Å². The van der Waals surface area contributed by atoms with Gasteiger partial charge < -0.3 is 23.8 Å². The Bertz CT molecular complexity index is 1190. The molecule has 0 aromatic carbocycles. The quantitative estimate of drug-likeness (QED) is 0.0499. The Hall–Kier alpha value is -0.980. The Morgan fingerprint density at radius 1 is 0.729 bits per heavy atom. The zero-order valence-corrected chi connectivity index (χ0v) is 40.3. The second kappa shape index (κ2) is 27.9. The van der Waals surface area contributed by atoms with Gasteiger partial charge in [-0.3, -0.25) is 0 Å². The monoisotopic (exact) mass is 824 g/mol. The van der Waals surface area contributed by atoms with E-state index in [2.05, 4.69) is 90.9 Å². The van der Waals surface area contributed by atoms with Crippen molar-refractivity contribution in [1.82, 2.24) is 4.90 Å². The normalized spacial score (nSPS) is 29.3. The predicted molar refractivity (Wildman–Crippen MR) is 252 cm³/mol. The summed E-state index contributed by atoms with van der Waals surface area (Å²) in [6.07, 6.45) is 42.8. The van der Waals surface area contributed by atoms with E-state index in [1.807, 2.05) is 0 Å². The van der Waals surface area contributed by atoms with Gasteiger partial charge in [0.1, 0.15) is 0 Å². The highest BCUT2D eigenvalue weighted by Crippen LogP contribution is 2.67. The van der Waals surface area contributed by atoms with Crippen LogP contribution < -0.4 is 0 Å². The fourth-order valence-corrected chi connectivity index (χ4v) is 12.4. The summed E-state index contributed by atoms with van der Waals surface area (Å²) < 4.78 is 24.8. The van der Waals surface area contributed by atoms with Crippen LogP contribution in [0.15, 0.2) is 36.0 Å². The molecule has 0 saturated heterocycles. The van der Waals surface area contributed by atoms with Crippen LogP contribution in [0, 0.1) is 46.3 Å². The van der Waals surface area contributed by atoms with Gasteiger partial charge in [-0.15, -0.1) is 0 Å². The highest BCUT2D eigenvalue weighted by atomic mass is 16.6. The molecule has 4 aliphatic carbocycles. The minimum Gasteiger partial charge on any atom is -0.379 e. The molecule has 7 unspecified atom stereocenters. The highest BCUT2D eigenvalue weighted by Gasteiger charge is 2.59. The van der Waals surface area contributed by atoms with Gasteiger partial charge in [0.2, 0.25) is 0 Å². The zero-order valence-electron chi connectivity index (χ0n) is 40.3. The third-order valence-corrected chi connectivity index (χ3v) is 15.8. The van der Waals surface area contributed by atoms with E-state index in [4.69, 9.17) is 18.9 Å². The summed E-state index contributed by atoms with van der Waals surface area (Å²) in [6, 6.07) is 0. The Labute approximate surface area is 366 Å². The van der Waals surface area contributed by atoms with E-state index in [0.29, 0.717) is 50.0 Å². The molecule has 0 radical (unpaired) electrons. The molecule has 0 aromatic heterocycles. The van der Waals surface area contributed by atoms with Crippen molar-refractivity contribution < 1.29 is 18.9 Å². The maximum Gasteiger partial charge on any atom is 0.0935 e. The lowest BCUT2D eigenvalue weighted by molar-refractivity contribution is -0.0727. The molecular formula is C54H97NO4. The van der Waals surface area contributed by atoms with Crippen LogP contribution in [0.2, 0.25) is 0 Å². The number of hydrogen-bond donors (Lipinski definition) is 0. The molecule has 0 bridgehead atoms. The van der Waals surface area contributed by atoms with Crippen LogP contribution in [0.5, 0.6) is 0 Å². The molecule has 0 aliphatic heterocycles. The first kappa shape index (κ1) is 50.7. The molecule has 0 spiro atoms. The number of unbranched alkanes of at least 4 members (excludes halogenated alkanes) is 9. The van der Waals surface area contributed by atoms with Crippen molar-refractivity contribution >= 4 is 0 Å². The molecule has 0 amide bonds. The number of fused-ring (bicyclic) bond motifs is 5.